The Hall–Kier alpha value is -0.410. The minimum Gasteiger partial charge on any atom is -0.367 e. The van der Waals surface area contributed by atoms with Crippen LogP contribution in [-0.2, 0) is 9.53 Å². The van der Waals surface area contributed by atoms with Crippen molar-refractivity contribution in [2.24, 2.45) is 0 Å². The first-order valence-corrected chi connectivity index (χ1v) is 7.19. The summed E-state index contributed by atoms with van der Waals surface area (Å²) in [5.74, 6) is 0.325. The van der Waals surface area contributed by atoms with Crippen molar-refractivity contribution in [3.8, 4) is 0 Å². The highest BCUT2D eigenvalue weighted by molar-refractivity contribution is 5.83. The summed E-state index contributed by atoms with van der Waals surface area (Å²) in [7, 11) is 0. The average Bonchev–Trinajstić information content (AvgIpc) is 2.81. The molecule has 0 aromatic carbocycles. The summed E-state index contributed by atoms with van der Waals surface area (Å²) < 4.78 is 5.72. The van der Waals surface area contributed by atoms with E-state index in [-0.39, 0.29) is 6.10 Å². The maximum atomic E-state index is 12.0. The molecule has 0 aliphatic carbocycles. The van der Waals surface area contributed by atoms with Crippen molar-refractivity contribution in [1.29, 1.82) is 0 Å². The fraction of sp³-hybridized carbons (Fsp3) is 0.929. The van der Waals surface area contributed by atoms with E-state index in [9.17, 15) is 4.79 Å². The van der Waals surface area contributed by atoms with Crippen LogP contribution in [0.15, 0.2) is 0 Å². The predicted octanol–water partition coefficient (Wildman–Crippen LogP) is 2.39. The zero-order valence-electron chi connectivity index (χ0n) is 11.0. The van der Waals surface area contributed by atoms with E-state index in [1.54, 1.807) is 0 Å². The highest BCUT2D eigenvalue weighted by atomic mass is 16.5. The summed E-state index contributed by atoms with van der Waals surface area (Å²) in [6.07, 6.45) is 7.78. The maximum Gasteiger partial charge on any atom is 0.162 e. The first-order valence-electron chi connectivity index (χ1n) is 7.19. The molecule has 2 rings (SSSR count). The van der Waals surface area contributed by atoms with Crippen molar-refractivity contribution in [2.45, 2.75) is 64.0 Å². The van der Waals surface area contributed by atoms with Gasteiger partial charge in [-0.15, -0.1) is 0 Å². The lowest BCUT2D eigenvalue weighted by atomic mass is 10.0. The molecule has 2 atom stereocenters. The first kappa shape index (κ1) is 13.0. The van der Waals surface area contributed by atoms with Gasteiger partial charge in [0.2, 0.25) is 0 Å². The van der Waals surface area contributed by atoms with Crippen molar-refractivity contribution >= 4 is 5.78 Å². The summed E-state index contributed by atoms with van der Waals surface area (Å²) in [6.45, 7) is 4.97. The normalized spacial score (nSPS) is 29.2. The molecule has 0 aromatic heterocycles. The Labute approximate surface area is 105 Å². The molecular formula is C14H25NO2. The molecule has 0 radical (unpaired) electrons. The zero-order valence-corrected chi connectivity index (χ0v) is 11.0. The smallest absolute Gasteiger partial charge is 0.162 e. The van der Waals surface area contributed by atoms with Crippen molar-refractivity contribution in [3.63, 3.8) is 0 Å². The Balaban J connectivity index is 1.69. The number of hydrogen-bond donors (Lipinski definition) is 0. The SMILES string of the molecule is CCCCCCC(=O)C1CN2CCCC2CO1. The van der Waals surface area contributed by atoms with Crippen molar-refractivity contribution in [1.82, 2.24) is 4.90 Å². The van der Waals surface area contributed by atoms with Gasteiger partial charge in [-0.3, -0.25) is 9.69 Å². The van der Waals surface area contributed by atoms with E-state index in [0.717, 1.165) is 26.1 Å². The lowest BCUT2D eigenvalue weighted by Gasteiger charge is -2.34. The Bertz CT molecular complexity index is 255. The van der Waals surface area contributed by atoms with E-state index >= 15 is 0 Å². The Morgan fingerprint density at radius 1 is 1.35 bits per heavy atom. The summed E-state index contributed by atoms with van der Waals surface area (Å²) in [6, 6.07) is 0.596. The molecule has 0 aromatic rings. The lowest BCUT2D eigenvalue weighted by Crippen LogP contribution is -2.49. The van der Waals surface area contributed by atoms with Crippen LogP contribution in [0, 0.1) is 0 Å². The summed E-state index contributed by atoms with van der Waals surface area (Å²) in [5.41, 5.74) is 0. The molecule has 2 fully saturated rings. The number of ketones is 1. The molecule has 2 aliphatic heterocycles. The van der Waals surface area contributed by atoms with Crippen LogP contribution in [0.5, 0.6) is 0 Å². The molecule has 0 bridgehead atoms. The monoisotopic (exact) mass is 239 g/mol. The Morgan fingerprint density at radius 3 is 3.06 bits per heavy atom. The van der Waals surface area contributed by atoms with Crippen molar-refractivity contribution < 1.29 is 9.53 Å². The zero-order chi connectivity index (χ0) is 12.1. The molecule has 3 heteroatoms. The topological polar surface area (TPSA) is 29.5 Å². The quantitative estimate of drug-likeness (QED) is 0.667. The standard InChI is InChI=1S/C14H25NO2/c1-2-3-4-5-8-13(16)14-10-15-9-6-7-12(15)11-17-14/h12,14H,2-11H2,1H3. The molecule has 0 saturated carbocycles. The van der Waals surface area contributed by atoms with Gasteiger partial charge in [0.1, 0.15) is 6.10 Å². The number of rotatable bonds is 6. The summed E-state index contributed by atoms with van der Waals surface area (Å²) in [4.78, 5) is 14.4. The van der Waals surface area contributed by atoms with Gasteiger partial charge in [0.25, 0.3) is 0 Å². The molecule has 2 aliphatic rings. The number of morpholine rings is 1. The van der Waals surface area contributed by atoms with Crippen LogP contribution in [0.4, 0.5) is 0 Å². The second-order valence-electron chi connectivity index (χ2n) is 5.39. The first-order chi connectivity index (χ1) is 8.31. The fourth-order valence-corrected chi connectivity index (χ4v) is 2.90. The van der Waals surface area contributed by atoms with Crippen molar-refractivity contribution in [2.75, 3.05) is 19.7 Å². The number of nitrogens with zero attached hydrogens (tertiary/aromatic N) is 1. The summed E-state index contributed by atoms with van der Waals surface area (Å²) in [5, 5.41) is 0. The number of fused-ring (bicyclic) bond motifs is 1. The van der Waals surface area contributed by atoms with Gasteiger partial charge in [0.05, 0.1) is 6.61 Å². The predicted molar refractivity (Wildman–Crippen MR) is 68.1 cm³/mol. The van der Waals surface area contributed by atoms with E-state index in [0.29, 0.717) is 18.2 Å². The maximum absolute atomic E-state index is 12.0. The third-order valence-corrected chi connectivity index (χ3v) is 4.03. The number of Topliss-reactive ketones (excluding diaryl/α,β-unsaturated/α-hetero) is 1. The molecular weight excluding hydrogens is 214 g/mol. The van der Waals surface area contributed by atoms with Crippen LogP contribution < -0.4 is 0 Å². The number of hydrogen-bond acceptors (Lipinski definition) is 3. The minimum atomic E-state index is -0.133. The van der Waals surface area contributed by atoms with Crippen LogP contribution >= 0.6 is 0 Å². The van der Waals surface area contributed by atoms with Crippen LogP contribution in [0.2, 0.25) is 0 Å². The van der Waals surface area contributed by atoms with E-state index in [1.165, 1.54) is 32.1 Å². The van der Waals surface area contributed by atoms with E-state index in [1.807, 2.05) is 0 Å². The largest absolute Gasteiger partial charge is 0.367 e. The second-order valence-corrected chi connectivity index (χ2v) is 5.39. The van der Waals surface area contributed by atoms with Gasteiger partial charge in [-0.1, -0.05) is 26.2 Å². The average molecular weight is 239 g/mol. The molecule has 0 amide bonds. The third kappa shape index (κ3) is 3.52. The van der Waals surface area contributed by atoms with Crippen LogP contribution in [0.1, 0.15) is 51.9 Å². The lowest BCUT2D eigenvalue weighted by molar-refractivity contribution is -0.138. The van der Waals surface area contributed by atoms with Gasteiger partial charge < -0.3 is 4.74 Å². The highest BCUT2D eigenvalue weighted by Crippen LogP contribution is 2.23. The number of carbonyl (C=O) groups is 1. The third-order valence-electron chi connectivity index (χ3n) is 4.03. The fourth-order valence-electron chi connectivity index (χ4n) is 2.90. The van der Waals surface area contributed by atoms with Crippen molar-refractivity contribution in [3.05, 3.63) is 0 Å². The highest BCUT2D eigenvalue weighted by Gasteiger charge is 2.34. The molecule has 98 valence electrons. The van der Waals surface area contributed by atoms with Gasteiger partial charge in [-0.25, -0.2) is 0 Å². The van der Waals surface area contributed by atoms with Gasteiger partial charge in [0.15, 0.2) is 5.78 Å². The molecule has 2 saturated heterocycles. The molecule has 2 unspecified atom stereocenters. The Kier molecular flexibility index (Phi) is 4.99. The number of ether oxygens (including phenoxy) is 1. The molecule has 0 N–H and O–H groups in total. The van der Waals surface area contributed by atoms with E-state index in [2.05, 4.69) is 11.8 Å². The van der Waals surface area contributed by atoms with Crippen LogP contribution in [-0.4, -0.2) is 42.5 Å². The summed E-state index contributed by atoms with van der Waals surface area (Å²) >= 11 is 0. The molecule has 2 heterocycles. The van der Waals surface area contributed by atoms with Gasteiger partial charge >= 0.3 is 0 Å². The number of carbonyl (C=O) groups excluding carboxylic acids is 1. The minimum absolute atomic E-state index is 0.133. The molecule has 0 spiro atoms. The second kappa shape index (κ2) is 6.50. The van der Waals surface area contributed by atoms with Gasteiger partial charge in [0, 0.05) is 19.0 Å². The van der Waals surface area contributed by atoms with Crippen LogP contribution in [0.25, 0.3) is 0 Å². The molecule has 3 nitrogen and oxygen atoms in total. The van der Waals surface area contributed by atoms with E-state index in [4.69, 9.17) is 4.74 Å². The molecule has 17 heavy (non-hydrogen) atoms. The van der Waals surface area contributed by atoms with E-state index < -0.39 is 0 Å². The van der Waals surface area contributed by atoms with Gasteiger partial charge in [-0.2, -0.15) is 0 Å². The Morgan fingerprint density at radius 2 is 2.24 bits per heavy atom. The van der Waals surface area contributed by atoms with Gasteiger partial charge in [-0.05, 0) is 25.8 Å². The number of unbranched alkanes of at least 4 members (excludes halogenated alkanes) is 3. The van der Waals surface area contributed by atoms with Crippen LogP contribution in [0.3, 0.4) is 0 Å².